The lowest BCUT2D eigenvalue weighted by Gasteiger charge is -2.31. The zero-order valence-corrected chi connectivity index (χ0v) is 19.1. The SMILES string of the molecule is CCCNC(=O)C(CC)N(Cc1ccc(Cl)cc1Cl)C(=O)Cc1c(F)cccc1Cl. The average Bonchev–Trinajstić information content (AvgIpc) is 2.70. The highest BCUT2D eigenvalue weighted by molar-refractivity contribution is 6.35. The largest absolute Gasteiger partial charge is 0.354 e. The van der Waals surface area contributed by atoms with Crippen molar-refractivity contribution in [2.75, 3.05) is 6.54 Å². The van der Waals surface area contributed by atoms with E-state index >= 15 is 0 Å². The molecule has 2 rings (SSSR count). The summed E-state index contributed by atoms with van der Waals surface area (Å²) in [7, 11) is 0. The minimum Gasteiger partial charge on any atom is -0.354 e. The van der Waals surface area contributed by atoms with Gasteiger partial charge in [0.1, 0.15) is 11.9 Å². The van der Waals surface area contributed by atoms with Crippen molar-refractivity contribution in [1.29, 1.82) is 0 Å². The Balaban J connectivity index is 2.38. The summed E-state index contributed by atoms with van der Waals surface area (Å²) in [6.45, 7) is 4.34. The molecule has 0 aliphatic rings. The zero-order chi connectivity index (χ0) is 22.3. The van der Waals surface area contributed by atoms with E-state index in [1.54, 1.807) is 18.2 Å². The lowest BCUT2D eigenvalue weighted by atomic mass is 10.1. The van der Waals surface area contributed by atoms with Crippen molar-refractivity contribution >= 4 is 46.6 Å². The van der Waals surface area contributed by atoms with Crippen LogP contribution in [0, 0.1) is 5.82 Å². The molecule has 4 nitrogen and oxygen atoms in total. The molecule has 0 heterocycles. The first-order valence-electron chi connectivity index (χ1n) is 9.72. The second kappa shape index (κ2) is 11.5. The average molecular weight is 474 g/mol. The van der Waals surface area contributed by atoms with Gasteiger partial charge in [-0.25, -0.2) is 4.39 Å². The van der Waals surface area contributed by atoms with Gasteiger partial charge in [0, 0.05) is 33.7 Å². The molecule has 162 valence electrons. The third-order valence-electron chi connectivity index (χ3n) is 4.68. The fourth-order valence-electron chi connectivity index (χ4n) is 3.07. The molecule has 0 aromatic heterocycles. The predicted octanol–water partition coefficient (Wildman–Crippen LogP) is 5.66. The number of nitrogens with zero attached hydrogens (tertiary/aromatic N) is 1. The minimum atomic E-state index is -0.735. The molecule has 30 heavy (non-hydrogen) atoms. The third-order valence-corrected chi connectivity index (χ3v) is 5.62. The summed E-state index contributed by atoms with van der Waals surface area (Å²) in [6.07, 6.45) is 0.885. The molecule has 2 amide bonds. The fourth-order valence-corrected chi connectivity index (χ4v) is 3.77. The van der Waals surface area contributed by atoms with Crippen LogP contribution in [0.25, 0.3) is 0 Å². The summed E-state index contributed by atoms with van der Waals surface area (Å²) in [5, 5.41) is 3.84. The molecule has 1 unspecified atom stereocenters. The van der Waals surface area contributed by atoms with Gasteiger partial charge >= 0.3 is 0 Å². The van der Waals surface area contributed by atoms with Crippen LogP contribution in [0.15, 0.2) is 36.4 Å². The van der Waals surface area contributed by atoms with Crippen LogP contribution in [0.4, 0.5) is 4.39 Å². The lowest BCUT2D eigenvalue weighted by Crippen LogP contribution is -2.49. The summed E-state index contributed by atoms with van der Waals surface area (Å²) in [5.74, 6) is -1.26. The van der Waals surface area contributed by atoms with Gasteiger partial charge in [0.2, 0.25) is 11.8 Å². The topological polar surface area (TPSA) is 49.4 Å². The van der Waals surface area contributed by atoms with Gasteiger partial charge in [-0.1, -0.05) is 60.8 Å². The van der Waals surface area contributed by atoms with Crippen LogP contribution in [0.1, 0.15) is 37.8 Å². The van der Waals surface area contributed by atoms with Crippen molar-refractivity contribution in [1.82, 2.24) is 10.2 Å². The second-order valence-corrected chi connectivity index (χ2v) is 8.10. The van der Waals surface area contributed by atoms with Crippen molar-refractivity contribution in [2.45, 2.75) is 45.7 Å². The normalized spacial score (nSPS) is 11.8. The number of benzene rings is 2. The maximum Gasteiger partial charge on any atom is 0.242 e. The number of carbonyl (C=O) groups excluding carboxylic acids is 2. The van der Waals surface area contributed by atoms with Gasteiger partial charge in [0.25, 0.3) is 0 Å². The number of amides is 2. The maximum atomic E-state index is 14.2. The molecule has 8 heteroatoms. The quantitative estimate of drug-likeness (QED) is 0.511. The first kappa shape index (κ1) is 24.4. The fraction of sp³-hybridized carbons (Fsp3) is 0.364. The molecule has 2 aromatic carbocycles. The van der Waals surface area contributed by atoms with Crippen LogP contribution < -0.4 is 5.32 Å². The van der Waals surface area contributed by atoms with E-state index in [2.05, 4.69) is 5.32 Å². The first-order chi connectivity index (χ1) is 14.3. The van der Waals surface area contributed by atoms with Crippen LogP contribution in [-0.4, -0.2) is 29.3 Å². The Morgan fingerprint density at radius 1 is 1.10 bits per heavy atom. The number of nitrogens with one attached hydrogen (secondary N) is 1. The van der Waals surface area contributed by atoms with Crippen molar-refractivity contribution < 1.29 is 14.0 Å². The Morgan fingerprint density at radius 2 is 1.83 bits per heavy atom. The molecule has 0 saturated carbocycles. The van der Waals surface area contributed by atoms with Crippen LogP contribution in [0.2, 0.25) is 15.1 Å². The third kappa shape index (κ3) is 6.34. The molecule has 1 atom stereocenters. The summed E-state index contributed by atoms with van der Waals surface area (Å²) in [5.41, 5.74) is 0.732. The summed E-state index contributed by atoms with van der Waals surface area (Å²) >= 11 is 18.4. The Labute approximate surface area is 191 Å². The molecule has 1 N–H and O–H groups in total. The zero-order valence-electron chi connectivity index (χ0n) is 16.9. The predicted molar refractivity (Wildman–Crippen MR) is 120 cm³/mol. The van der Waals surface area contributed by atoms with Crippen molar-refractivity contribution in [2.24, 2.45) is 0 Å². The molecule has 0 bridgehead atoms. The van der Waals surface area contributed by atoms with Gasteiger partial charge in [-0.2, -0.15) is 0 Å². The van der Waals surface area contributed by atoms with E-state index in [4.69, 9.17) is 34.8 Å². The van der Waals surface area contributed by atoms with E-state index in [0.717, 1.165) is 6.42 Å². The Kier molecular flexibility index (Phi) is 9.40. The number of carbonyl (C=O) groups is 2. The van der Waals surface area contributed by atoms with Gasteiger partial charge in [0.05, 0.1) is 6.42 Å². The molecule has 0 fully saturated rings. The molecular weight excluding hydrogens is 450 g/mol. The van der Waals surface area contributed by atoms with Gasteiger partial charge in [-0.05, 0) is 42.7 Å². The highest BCUT2D eigenvalue weighted by Crippen LogP contribution is 2.25. The van der Waals surface area contributed by atoms with Crippen LogP contribution in [0.5, 0.6) is 0 Å². The molecule has 0 aliphatic heterocycles. The van der Waals surface area contributed by atoms with E-state index in [0.29, 0.717) is 28.6 Å². The highest BCUT2D eigenvalue weighted by atomic mass is 35.5. The molecular formula is C22H24Cl3FN2O2. The lowest BCUT2D eigenvalue weighted by molar-refractivity contribution is -0.141. The smallest absolute Gasteiger partial charge is 0.242 e. The molecule has 0 radical (unpaired) electrons. The van der Waals surface area contributed by atoms with Gasteiger partial charge in [-0.15, -0.1) is 0 Å². The number of halogens is 4. The number of rotatable bonds is 9. The Bertz CT molecular complexity index is 888. The van der Waals surface area contributed by atoms with Crippen LogP contribution >= 0.6 is 34.8 Å². The van der Waals surface area contributed by atoms with E-state index in [1.807, 2.05) is 13.8 Å². The van der Waals surface area contributed by atoms with Crippen molar-refractivity contribution in [3.05, 3.63) is 68.4 Å². The standard InChI is InChI=1S/C22H24Cl3FN2O2/c1-3-10-27-22(30)20(4-2)28(13-14-8-9-15(23)11-18(14)25)21(29)12-16-17(24)6-5-7-19(16)26/h5-9,11,20H,3-4,10,12-13H2,1-2H3,(H,27,30). The highest BCUT2D eigenvalue weighted by Gasteiger charge is 2.29. The second-order valence-electron chi connectivity index (χ2n) is 6.85. The number of hydrogen-bond donors (Lipinski definition) is 1. The molecule has 0 aliphatic carbocycles. The van der Waals surface area contributed by atoms with Gasteiger partial charge in [0.15, 0.2) is 0 Å². The molecule has 0 spiro atoms. The van der Waals surface area contributed by atoms with Gasteiger partial charge < -0.3 is 10.2 Å². The summed E-state index contributed by atoms with van der Waals surface area (Å²) < 4.78 is 14.2. The summed E-state index contributed by atoms with van der Waals surface area (Å²) in [6, 6.07) is 8.46. The van der Waals surface area contributed by atoms with Gasteiger partial charge in [-0.3, -0.25) is 9.59 Å². The molecule has 2 aromatic rings. The van der Waals surface area contributed by atoms with Crippen molar-refractivity contribution in [3.63, 3.8) is 0 Å². The van der Waals surface area contributed by atoms with E-state index < -0.39 is 17.8 Å². The van der Waals surface area contributed by atoms with Crippen LogP contribution in [-0.2, 0) is 22.6 Å². The van der Waals surface area contributed by atoms with E-state index in [1.165, 1.54) is 23.1 Å². The van der Waals surface area contributed by atoms with Crippen molar-refractivity contribution in [3.8, 4) is 0 Å². The Hall–Kier alpha value is -1.82. The van der Waals surface area contributed by atoms with E-state index in [9.17, 15) is 14.0 Å². The molecule has 0 saturated heterocycles. The summed E-state index contributed by atoms with van der Waals surface area (Å²) in [4.78, 5) is 27.4. The van der Waals surface area contributed by atoms with E-state index in [-0.39, 0.29) is 29.5 Å². The minimum absolute atomic E-state index is 0.0823. The monoisotopic (exact) mass is 472 g/mol. The maximum absolute atomic E-state index is 14.2. The first-order valence-corrected chi connectivity index (χ1v) is 10.9. The number of hydrogen-bond acceptors (Lipinski definition) is 2. The van der Waals surface area contributed by atoms with Crippen LogP contribution in [0.3, 0.4) is 0 Å². The Morgan fingerprint density at radius 3 is 2.43 bits per heavy atom.